The highest BCUT2D eigenvalue weighted by molar-refractivity contribution is 6.22. The molecule has 0 saturated heterocycles. The molecule has 4 nitrogen and oxygen atoms in total. The summed E-state index contributed by atoms with van der Waals surface area (Å²) in [6, 6.07) is 78.6. The fraction of sp³-hybridized carbons (Fsp3) is 0. The first-order chi connectivity index (χ1) is 30.8. The van der Waals surface area contributed by atoms with E-state index in [-0.39, 0.29) is 0 Å². The third-order valence-electron chi connectivity index (χ3n) is 12.7. The minimum atomic E-state index is 0.717. The van der Waals surface area contributed by atoms with Crippen LogP contribution in [0.2, 0.25) is 0 Å². The van der Waals surface area contributed by atoms with Gasteiger partial charge in [0.05, 0.1) is 39.0 Å². The maximum Gasteiger partial charge on any atom is 0.161 e. The van der Waals surface area contributed by atoms with E-state index in [1.54, 1.807) is 0 Å². The van der Waals surface area contributed by atoms with Crippen molar-refractivity contribution >= 4 is 76.1 Å². The molecule has 288 valence electrons. The van der Waals surface area contributed by atoms with E-state index in [0.717, 1.165) is 55.4 Å². The summed E-state index contributed by atoms with van der Waals surface area (Å²) >= 11 is 0. The Kier molecular flexibility index (Phi) is 7.57. The lowest BCUT2D eigenvalue weighted by Crippen LogP contribution is -1.99. The fourth-order valence-corrected chi connectivity index (χ4v) is 9.92. The van der Waals surface area contributed by atoms with Gasteiger partial charge in [-0.25, -0.2) is 9.97 Å². The molecule has 13 rings (SSSR count). The highest BCUT2D eigenvalue weighted by Crippen LogP contribution is 2.42. The van der Waals surface area contributed by atoms with Crippen LogP contribution in [0.5, 0.6) is 0 Å². The quantitative estimate of drug-likeness (QED) is 0.174. The van der Waals surface area contributed by atoms with Gasteiger partial charge in [-0.2, -0.15) is 0 Å². The van der Waals surface area contributed by atoms with E-state index in [9.17, 15) is 0 Å². The van der Waals surface area contributed by atoms with Crippen LogP contribution in [0.15, 0.2) is 218 Å². The topological polar surface area (TPSA) is 35.6 Å². The van der Waals surface area contributed by atoms with Crippen molar-refractivity contribution in [1.82, 2.24) is 19.1 Å². The third kappa shape index (κ3) is 5.20. The summed E-state index contributed by atoms with van der Waals surface area (Å²) in [7, 11) is 0. The number of rotatable bonds is 5. The van der Waals surface area contributed by atoms with Crippen molar-refractivity contribution in [3.05, 3.63) is 218 Å². The van der Waals surface area contributed by atoms with Crippen LogP contribution in [0.25, 0.3) is 121 Å². The van der Waals surface area contributed by atoms with E-state index in [1.165, 1.54) is 60.0 Å². The lowest BCUT2D eigenvalue weighted by Gasteiger charge is -2.15. The second-order valence-corrected chi connectivity index (χ2v) is 16.1. The van der Waals surface area contributed by atoms with E-state index in [0.29, 0.717) is 5.82 Å². The smallest absolute Gasteiger partial charge is 0.161 e. The molecule has 0 radical (unpaired) electrons. The molecule has 13 aromatic rings. The Bertz CT molecular complexity index is 3920. The first-order valence-corrected chi connectivity index (χ1v) is 21.2. The third-order valence-corrected chi connectivity index (χ3v) is 12.7. The number of hydrogen-bond acceptors (Lipinski definition) is 2. The largest absolute Gasteiger partial charge is 0.309 e. The summed E-state index contributed by atoms with van der Waals surface area (Å²) in [5.41, 5.74) is 13.3. The predicted octanol–water partition coefficient (Wildman–Crippen LogP) is 15.1. The fourth-order valence-electron chi connectivity index (χ4n) is 9.92. The van der Waals surface area contributed by atoms with Gasteiger partial charge in [-0.3, -0.25) is 0 Å². The minimum Gasteiger partial charge on any atom is -0.309 e. The van der Waals surface area contributed by atoms with Crippen LogP contribution < -0.4 is 0 Å². The van der Waals surface area contributed by atoms with Gasteiger partial charge in [0.1, 0.15) is 0 Å². The van der Waals surface area contributed by atoms with Crippen molar-refractivity contribution in [2.45, 2.75) is 0 Å². The Morgan fingerprint density at radius 1 is 0.323 bits per heavy atom. The summed E-state index contributed by atoms with van der Waals surface area (Å²) in [4.78, 5) is 10.4. The van der Waals surface area contributed by atoms with Crippen molar-refractivity contribution in [3.63, 3.8) is 0 Å². The normalized spacial score (nSPS) is 11.9. The van der Waals surface area contributed by atoms with Crippen molar-refractivity contribution in [2.75, 3.05) is 0 Å². The summed E-state index contributed by atoms with van der Waals surface area (Å²) < 4.78 is 4.83. The molecule has 4 heteroatoms. The van der Waals surface area contributed by atoms with Crippen LogP contribution in [-0.4, -0.2) is 19.1 Å². The molecule has 62 heavy (non-hydrogen) atoms. The SMILES string of the molecule is c1ccc(-c2nc(-c3ccc(-n4c5ccccc5c5cc(-c6ccc7c(c6)c6c8ccccc8ccc6n7-c6ccccc6)ccc54)c4ccccc34)nc3ccccc23)cc1. The standard InChI is InChI=1S/C58H36N4/c1-3-16-38(17-4-1)57-47-24-11-13-25-50(47)59-58(60-57)46-30-34-52(44-22-10-9-21-43(44)46)62-51-26-14-12-23-45(51)48-35-39(28-31-53(48)62)40-29-32-54-49(36-40)56-42-20-8-7-15-37(42)27-33-55(56)61(54)41-18-5-2-6-19-41/h1-36H. The molecule has 0 atom stereocenters. The Morgan fingerprint density at radius 3 is 1.73 bits per heavy atom. The van der Waals surface area contributed by atoms with Gasteiger partial charge in [0.2, 0.25) is 0 Å². The first-order valence-electron chi connectivity index (χ1n) is 21.2. The van der Waals surface area contributed by atoms with Gasteiger partial charge in [0.25, 0.3) is 0 Å². The highest BCUT2D eigenvalue weighted by Gasteiger charge is 2.20. The zero-order valence-corrected chi connectivity index (χ0v) is 33.6. The van der Waals surface area contributed by atoms with Crippen LogP contribution in [0.4, 0.5) is 0 Å². The molecule has 0 amide bonds. The Hall–Kier alpha value is -8.34. The second kappa shape index (κ2) is 13.6. The maximum atomic E-state index is 5.27. The molecular weight excluding hydrogens is 753 g/mol. The number of hydrogen-bond donors (Lipinski definition) is 0. The van der Waals surface area contributed by atoms with Crippen LogP contribution in [0, 0.1) is 0 Å². The zero-order chi connectivity index (χ0) is 40.7. The van der Waals surface area contributed by atoms with E-state index in [1.807, 2.05) is 12.1 Å². The van der Waals surface area contributed by atoms with E-state index < -0.39 is 0 Å². The van der Waals surface area contributed by atoms with E-state index in [4.69, 9.17) is 9.97 Å². The molecule has 0 fully saturated rings. The molecule has 0 aliphatic heterocycles. The summed E-state index contributed by atoms with van der Waals surface area (Å²) in [6.07, 6.45) is 0. The number of aromatic nitrogens is 4. The van der Waals surface area contributed by atoms with Crippen molar-refractivity contribution in [2.24, 2.45) is 0 Å². The summed E-state index contributed by atoms with van der Waals surface area (Å²) in [5, 5.41) is 10.8. The van der Waals surface area contributed by atoms with Gasteiger partial charge in [-0.15, -0.1) is 0 Å². The van der Waals surface area contributed by atoms with E-state index in [2.05, 4.69) is 215 Å². The first kappa shape index (κ1) is 34.5. The molecule has 0 N–H and O–H groups in total. The molecule has 10 aromatic carbocycles. The van der Waals surface area contributed by atoms with E-state index >= 15 is 0 Å². The van der Waals surface area contributed by atoms with Gasteiger partial charge < -0.3 is 9.13 Å². The number of nitrogens with zero attached hydrogens (tertiary/aromatic N) is 4. The van der Waals surface area contributed by atoms with Crippen LogP contribution in [-0.2, 0) is 0 Å². The summed E-state index contributed by atoms with van der Waals surface area (Å²) in [5.74, 6) is 0.717. The van der Waals surface area contributed by atoms with Crippen LogP contribution >= 0.6 is 0 Å². The van der Waals surface area contributed by atoms with Crippen molar-refractivity contribution in [3.8, 4) is 45.1 Å². The van der Waals surface area contributed by atoms with Crippen LogP contribution in [0.1, 0.15) is 0 Å². The molecule has 0 aliphatic rings. The Balaban J connectivity index is 0.995. The molecule has 0 spiro atoms. The lowest BCUT2D eigenvalue weighted by atomic mass is 9.99. The molecule has 0 saturated carbocycles. The average Bonchev–Trinajstić information content (AvgIpc) is 3.86. The minimum absolute atomic E-state index is 0.717. The predicted molar refractivity (Wildman–Crippen MR) is 260 cm³/mol. The molecule has 3 heterocycles. The summed E-state index contributed by atoms with van der Waals surface area (Å²) in [6.45, 7) is 0. The number of benzene rings is 10. The van der Waals surface area contributed by atoms with Gasteiger partial charge >= 0.3 is 0 Å². The maximum absolute atomic E-state index is 5.27. The van der Waals surface area contributed by atoms with Gasteiger partial charge in [0.15, 0.2) is 5.82 Å². The van der Waals surface area contributed by atoms with Crippen LogP contribution in [0.3, 0.4) is 0 Å². The molecule has 0 aliphatic carbocycles. The van der Waals surface area contributed by atoms with Gasteiger partial charge in [-0.05, 0) is 94.0 Å². The Labute approximate surface area is 357 Å². The molecular formula is C58H36N4. The zero-order valence-electron chi connectivity index (χ0n) is 33.6. The molecule has 3 aromatic heterocycles. The molecule has 0 bridgehead atoms. The number of fused-ring (bicyclic) bond motifs is 10. The van der Waals surface area contributed by atoms with Gasteiger partial charge in [-0.1, -0.05) is 152 Å². The monoisotopic (exact) mass is 788 g/mol. The second-order valence-electron chi connectivity index (χ2n) is 16.1. The number of para-hydroxylation sites is 3. The Morgan fingerprint density at radius 2 is 0.919 bits per heavy atom. The average molecular weight is 789 g/mol. The highest BCUT2D eigenvalue weighted by atomic mass is 15.0. The van der Waals surface area contributed by atoms with Crippen molar-refractivity contribution in [1.29, 1.82) is 0 Å². The molecule has 0 unspecified atom stereocenters. The van der Waals surface area contributed by atoms with Crippen molar-refractivity contribution < 1.29 is 0 Å². The van der Waals surface area contributed by atoms with Gasteiger partial charge in [0, 0.05) is 49.1 Å². The lowest BCUT2D eigenvalue weighted by molar-refractivity contribution is 1.18.